The summed E-state index contributed by atoms with van der Waals surface area (Å²) in [5.41, 5.74) is 5.45. The van der Waals surface area contributed by atoms with Gasteiger partial charge in [0.1, 0.15) is 0 Å². The zero-order valence-corrected chi connectivity index (χ0v) is 11.2. The van der Waals surface area contributed by atoms with Gasteiger partial charge in [-0.25, -0.2) is 12.7 Å². The van der Waals surface area contributed by atoms with Crippen molar-refractivity contribution in [3.05, 3.63) is 0 Å². The molecule has 0 aliphatic heterocycles. The summed E-state index contributed by atoms with van der Waals surface area (Å²) in [6.07, 6.45) is 6.73. The van der Waals surface area contributed by atoms with Crippen molar-refractivity contribution < 1.29 is 8.42 Å². The summed E-state index contributed by atoms with van der Waals surface area (Å²) in [5.74, 6) is 0. The van der Waals surface area contributed by atoms with Crippen molar-refractivity contribution in [1.29, 1.82) is 0 Å². The Morgan fingerprint density at radius 1 is 1.25 bits per heavy atom. The van der Waals surface area contributed by atoms with E-state index in [9.17, 15) is 8.42 Å². The van der Waals surface area contributed by atoms with Crippen LogP contribution in [-0.4, -0.2) is 37.6 Å². The molecule has 0 aromatic carbocycles. The number of nitrogens with two attached hydrogens (primary N) is 1. The predicted octanol–water partition coefficient (Wildman–Crippen LogP) is 1.32. The normalized spacial score (nSPS) is 22.0. The van der Waals surface area contributed by atoms with E-state index in [-0.39, 0.29) is 12.6 Å². The van der Waals surface area contributed by atoms with Crippen LogP contribution >= 0.6 is 0 Å². The second-order valence-corrected chi connectivity index (χ2v) is 7.16. The molecule has 16 heavy (non-hydrogen) atoms. The first-order valence-corrected chi connectivity index (χ1v) is 7.67. The van der Waals surface area contributed by atoms with Gasteiger partial charge in [-0.15, -0.1) is 0 Å². The van der Waals surface area contributed by atoms with E-state index in [1.54, 1.807) is 18.3 Å². The summed E-state index contributed by atoms with van der Waals surface area (Å²) in [6.45, 7) is 1.88. The lowest BCUT2D eigenvalue weighted by Gasteiger charge is -2.28. The van der Waals surface area contributed by atoms with Gasteiger partial charge in [0.2, 0.25) is 10.0 Å². The lowest BCUT2D eigenvalue weighted by atomic mass is 10.1. The van der Waals surface area contributed by atoms with Gasteiger partial charge in [-0.2, -0.15) is 0 Å². The minimum atomic E-state index is -3.20. The average molecular weight is 248 g/mol. The minimum Gasteiger partial charge on any atom is -0.329 e. The van der Waals surface area contributed by atoms with Gasteiger partial charge in [0.25, 0.3) is 0 Å². The molecular formula is C11H24N2O2S. The summed E-state index contributed by atoms with van der Waals surface area (Å²) in [7, 11) is -1.49. The van der Waals surface area contributed by atoms with E-state index in [1.807, 2.05) is 0 Å². The molecular weight excluding hydrogens is 224 g/mol. The third kappa shape index (κ3) is 3.18. The van der Waals surface area contributed by atoms with Crippen LogP contribution in [0.25, 0.3) is 0 Å². The highest BCUT2D eigenvalue weighted by atomic mass is 32.2. The van der Waals surface area contributed by atoms with Crippen molar-refractivity contribution in [3.8, 4) is 0 Å². The molecule has 0 aromatic heterocycles. The Morgan fingerprint density at radius 3 is 2.19 bits per heavy atom. The molecule has 1 aliphatic rings. The largest absolute Gasteiger partial charge is 0.329 e. The monoisotopic (exact) mass is 248 g/mol. The van der Waals surface area contributed by atoms with Crippen LogP contribution in [0.2, 0.25) is 0 Å². The van der Waals surface area contributed by atoms with E-state index in [0.717, 1.165) is 25.7 Å². The molecule has 0 radical (unpaired) electrons. The second kappa shape index (κ2) is 5.98. The van der Waals surface area contributed by atoms with Crippen molar-refractivity contribution >= 4 is 10.0 Å². The van der Waals surface area contributed by atoms with Crippen LogP contribution in [0, 0.1) is 0 Å². The first-order valence-electron chi connectivity index (χ1n) is 6.17. The molecule has 0 aromatic rings. The summed E-state index contributed by atoms with van der Waals surface area (Å²) in [5, 5.41) is -0.472. The predicted molar refractivity (Wildman–Crippen MR) is 66.7 cm³/mol. The fourth-order valence-electron chi connectivity index (χ4n) is 2.23. The molecule has 0 spiro atoms. The first kappa shape index (κ1) is 13.9. The average Bonchev–Trinajstić information content (AvgIpc) is 2.55. The van der Waals surface area contributed by atoms with Crippen LogP contribution in [0.3, 0.4) is 0 Å². The van der Waals surface area contributed by atoms with Gasteiger partial charge in [0.05, 0.1) is 5.25 Å². The summed E-state index contributed by atoms with van der Waals surface area (Å²) < 4.78 is 25.8. The maximum atomic E-state index is 12.1. The zero-order valence-electron chi connectivity index (χ0n) is 10.4. The number of hydrogen-bond acceptors (Lipinski definition) is 3. The molecule has 1 aliphatic carbocycles. The maximum Gasteiger partial charge on any atom is 0.217 e. The summed E-state index contributed by atoms with van der Waals surface area (Å²) in [6, 6.07) is 0.182. The van der Waals surface area contributed by atoms with Crippen LogP contribution in [0.1, 0.15) is 45.4 Å². The Balaban J connectivity index is 2.71. The van der Waals surface area contributed by atoms with Crippen LogP contribution in [0.5, 0.6) is 0 Å². The van der Waals surface area contributed by atoms with E-state index in [0.29, 0.717) is 0 Å². The van der Waals surface area contributed by atoms with E-state index >= 15 is 0 Å². The van der Waals surface area contributed by atoms with Gasteiger partial charge >= 0.3 is 0 Å². The topological polar surface area (TPSA) is 63.4 Å². The van der Waals surface area contributed by atoms with Gasteiger partial charge in [-0.1, -0.05) is 25.7 Å². The third-order valence-electron chi connectivity index (χ3n) is 3.58. The Hall–Kier alpha value is -0.130. The van der Waals surface area contributed by atoms with Crippen molar-refractivity contribution in [2.24, 2.45) is 5.73 Å². The van der Waals surface area contributed by atoms with Crippen molar-refractivity contribution in [1.82, 2.24) is 4.31 Å². The number of sulfonamides is 1. The van der Waals surface area contributed by atoms with Crippen LogP contribution < -0.4 is 5.73 Å². The van der Waals surface area contributed by atoms with Crippen molar-refractivity contribution in [2.75, 3.05) is 13.6 Å². The molecule has 5 heteroatoms. The Morgan fingerprint density at radius 2 is 1.75 bits per heavy atom. The lowest BCUT2D eigenvalue weighted by Crippen LogP contribution is -2.43. The van der Waals surface area contributed by atoms with Crippen LogP contribution in [-0.2, 0) is 10.0 Å². The van der Waals surface area contributed by atoms with E-state index < -0.39 is 15.3 Å². The molecule has 4 nitrogen and oxygen atoms in total. The van der Waals surface area contributed by atoms with Crippen LogP contribution in [0.15, 0.2) is 0 Å². The van der Waals surface area contributed by atoms with Gasteiger partial charge < -0.3 is 5.73 Å². The second-order valence-electron chi connectivity index (χ2n) is 4.75. The quantitative estimate of drug-likeness (QED) is 0.763. The van der Waals surface area contributed by atoms with Gasteiger partial charge in [0, 0.05) is 19.6 Å². The van der Waals surface area contributed by atoms with Crippen molar-refractivity contribution in [2.45, 2.75) is 56.7 Å². The molecule has 1 atom stereocenters. The molecule has 0 heterocycles. The highest BCUT2D eigenvalue weighted by Gasteiger charge is 2.30. The smallest absolute Gasteiger partial charge is 0.217 e. The molecule has 2 N–H and O–H groups in total. The molecule has 96 valence electrons. The molecule has 1 fully saturated rings. The number of hydrogen-bond donors (Lipinski definition) is 1. The maximum absolute atomic E-state index is 12.1. The van der Waals surface area contributed by atoms with Crippen molar-refractivity contribution in [3.63, 3.8) is 0 Å². The molecule has 0 bridgehead atoms. The van der Waals surface area contributed by atoms with Gasteiger partial charge in [-0.3, -0.25) is 0 Å². The van der Waals surface area contributed by atoms with E-state index in [2.05, 4.69) is 0 Å². The zero-order chi connectivity index (χ0) is 12.2. The minimum absolute atomic E-state index is 0.182. The Labute approximate surface area is 99.2 Å². The highest BCUT2D eigenvalue weighted by molar-refractivity contribution is 7.89. The lowest BCUT2D eigenvalue weighted by molar-refractivity contribution is 0.332. The molecule has 1 rings (SSSR count). The fourth-order valence-corrected chi connectivity index (χ4v) is 3.67. The fraction of sp³-hybridized carbons (Fsp3) is 1.00. The summed E-state index contributed by atoms with van der Waals surface area (Å²) in [4.78, 5) is 0. The van der Waals surface area contributed by atoms with Gasteiger partial charge in [0.15, 0.2) is 0 Å². The molecule has 0 amide bonds. The number of rotatable bonds is 4. The first-order chi connectivity index (χ1) is 7.50. The Bertz CT molecular complexity index is 295. The van der Waals surface area contributed by atoms with E-state index in [1.165, 1.54) is 12.8 Å². The van der Waals surface area contributed by atoms with Crippen LogP contribution in [0.4, 0.5) is 0 Å². The molecule has 1 saturated carbocycles. The Kier molecular flexibility index (Phi) is 5.21. The highest BCUT2D eigenvalue weighted by Crippen LogP contribution is 2.23. The SMILES string of the molecule is CC(CN)S(=O)(=O)N(C)C1CCCCCC1. The standard InChI is InChI=1S/C11H24N2O2S/c1-10(9-12)16(14,15)13(2)11-7-5-3-4-6-8-11/h10-11H,3-9,12H2,1-2H3. The summed E-state index contributed by atoms with van der Waals surface area (Å²) >= 11 is 0. The number of nitrogens with zero attached hydrogens (tertiary/aromatic N) is 1. The molecule has 0 saturated heterocycles. The van der Waals surface area contributed by atoms with Gasteiger partial charge in [-0.05, 0) is 19.8 Å². The third-order valence-corrected chi connectivity index (χ3v) is 5.89. The molecule has 1 unspecified atom stereocenters. The van der Waals surface area contributed by atoms with E-state index in [4.69, 9.17) is 5.73 Å².